The van der Waals surface area contributed by atoms with Crippen molar-refractivity contribution < 1.29 is 4.79 Å². The van der Waals surface area contributed by atoms with Crippen molar-refractivity contribution in [2.75, 3.05) is 5.32 Å². The van der Waals surface area contributed by atoms with Crippen molar-refractivity contribution in [2.45, 2.75) is 4.90 Å². The average Bonchev–Trinajstić information content (AvgIpc) is 2.74. The van der Waals surface area contributed by atoms with Crippen molar-refractivity contribution in [3.05, 3.63) is 46.7 Å². The van der Waals surface area contributed by atoms with Gasteiger partial charge in [0, 0.05) is 16.0 Å². The molecule has 1 amide bonds. The first-order valence-electron chi connectivity index (χ1n) is 4.38. The van der Waals surface area contributed by atoms with Crippen LogP contribution < -0.4 is 5.32 Å². The molecule has 0 aliphatic heterocycles. The highest BCUT2D eigenvalue weighted by Crippen LogP contribution is 2.14. The van der Waals surface area contributed by atoms with Crippen molar-refractivity contribution in [1.29, 1.82) is 0 Å². The predicted molar refractivity (Wildman–Crippen MR) is 66.0 cm³/mol. The number of hydrogen-bond donors (Lipinski definition) is 2. The van der Waals surface area contributed by atoms with Gasteiger partial charge in [0.2, 0.25) is 0 Å². The number of carbonyl (C=O) groups is 1. The third-order valence-corrected chi connectivity index (χ3v) is 2.89. The Hall–Kier alpha value is -1.26. The first-order chi connectivity index (χ1) is 7.25. The second-order valence-corrected chi connectivity index (χ2v) is 4.31. The van der Waals surface area contributed by atoms with Gasteiger partial charge in [-0.25, -0.2) is 0 Å². The molecular formula is C11H9NOS2. The molecule has 0 aliphatic carbocycles. The third kappa shape index (κ3) is 2.61. The summed E-state index contributed by atoms with van der Waals surface area (Å²) in [5.41, 5.74) is 1.47. The fourth-order valence-electron chi connectivity index (χ4n) is 1.14. The lowest BCUT2D eigenvalue weighted by Gasteiger charge is -2.03. The van der Waals surface area contributed by atoms with Crippen LogP contribution in [-0.4, -0.2) is 5.91 Å². The Labute approximate surface area is 97.4 Å². The molecule has 4 heteroatoms. The maximum Gasteiger partial charge on any atom is 0.256 e. The molecular weight excluding hydrogens is 226 g/mol. The second-order valence-electron chi connectivity index (χ2n) is 3.01. The molecule has 15 heavy (non-hydrogen) atoms. The van der Waals surface area contributed by atoms with Gasteiger partial charge in [-0.05, 0) is 35.7 Å². The van der Waals surface area contributed by atoms with E-state index >= 15 is 0 Å². The van der Waals surface area contributed by atoms with Crippen LogP contribution in [0.25, 0.3) is 0 Å². The molecule has 0 saturated carbocycles. The van der Waals surface area contributed by atoms with E-state index in [-0.39, 0.29) is 5.91 Å². The standard InChI is InChI=1S/C11H9NOS2/c13-11(8-5-6-15-7-8)12-9-1-3-10(14)4-2-9/h1-7,14H,(H,12,13). The van der Waals surface area contributed by atoms with Crippen LogP contribution in [0.3, 0.4) is 0 Å². The number of thiol groups is 1. The van der Waals surface area contributed by atoms with Crippen LogP contribution in [0, 0.1) is 0 Å². The molecule has 0 fully saturated rings. The Bertz CT molecular complexity index is 448. The Morgan fingerprint density at radius 1 is 1.20 bits per heavy atom. The number of benzene rings is 1. The predicted octanol–water partition coefficient (Wildman–Crippen LogP) is 3.29. The zero-order chi connectivity index (χ0) is 10.7. The van der Waals surface area contributed by atoms with Gasteiger partial charge >= 0.3 is 0 Å². The van der Waals surface area contributed by atoms with E-state index in [0.717, 1.165) is 10.6 Å². The summed E-state index contributed by atoms with van der Waals surface area (Å²) in [6.07, 6.45) is 0. The lowest BCUT2D eigenvalue weighted by atomic mass is 10.3. The van der Waals surface area contributed by atoms with Gasteiger partial charge in [-0.2, -0.15) is 11.3 Å². The van der Waals surface area contributed by atoms with Crippen molar-refractivity contribution in [3.63, 3.8) is 0 Å². The van der Waals surface area contributed by atoms with Crippen LogP contribution >= 0.6 is 24.0 Å². The van der Waals surface area contributed by atoms with E-state index in [0.29, 0.717) is 5.56 Å². The highest BCUT2D eigenvalue weighted by molar-refractivity contribution is 7.80. The minimum absolute atomic E-state index is 0.0804. The molecule has 1 heterocycles. The van der Waals surface area contributed by atoms with Gasteiger partial charge in [-0.15, -0.1) is 12.6 Å². The summed E-state index contributed by atoms with van der Waals surface area (Å²) < 4.78 is 0. The molecule has 2 rings (SSSR count). The summed E-state index contributed by atoms with van der Waals surface area (Å²) in [4.78, 5) is 12.5. The molecule has 1 aromatic carbocycles. The van der Waals surface area contributed by atoms with Crippen molar-refractivity contribution in [1.82, 2.24) is 0 Å². The second kappa shape index (κ2) is 4.51. The summed E-state index contributed by atoms with van der Waals surface area (Å²) in [5, 5.41) is 6.51. The van der Waals surface area contributed by atoms with Gasteiger partial charge < -0.3 is 5.32 Å². The quantitative estimate of drug-likeness (QED) is 0.768. The van der Waals surface area contributed by atoms with E-state index in [2.05, 4.69) is 17.9 Å². The molecule has 1 aromatic heterocycles. The number of rotatable bonds is 2. The van der Waals surface area contributed by atoms with Crippen LogP contribution in [0.1, 0.15) is 10.4 Å². The molecule has 2 nitrogen and oxygen atoms in total. The van der Waals surface area contributed by atoms with E-state index in [9.17, 15) is 4.79 Å². The van der Waals surface area contributed by atoms with E-state index in [4.69, 9.17) is 0 Å². The SMILES string of the molecule is O=C(Nc1ccc(S)cc1)c1ccsc1. The molecule has 0 radical (unpaired) electrons. The molecule has 0 bridgehead atoms. The third-order valence-electron chi connectivity index (χ3n) is 1.91. The van der Waals surface area contributed by atoms with Crippen molar-refractivity contribution >= 4 is 35.6 Å². The molecule has 0 saturated heterocycles. The number of thiophene rings is 1. The molecule has 0 atom stereocenters. The maximum absolute atomic E-state index is 11.6. The van der Waals surface area contributed by atoms with E-state index in [1.165, 1.54) is 11.3 Å². The molecule has 0 aliphatic rings. The molecule has 0 unspecified atom stereocenters. The molecule has 1 N–H and O–H groups in total. The van der Waals surface area contributed by atoms with Gasteiger partial charge in [0.05, 0.1) is 5.56 Å². The largest absolute Gasteiger partial charge is 0.322 e. The molecule has 0 spiro atoms. The van der Waals surface area contributed by atoms with E-state index in [1.54, 1.807) is 6.07 Å². The van der Waals surface area contributed by atoms with Crippen LogP contribution in [0.15, 0.2) is 46.0 Å². The number of nitrogens with one attached hydrogen (secondary N) is 1. The molecule has 76 valence electrons. The summed E-state index contributed by atoms with van der Waals surface area (Å²) in [5.74, 6) is -0.0804. The first kappa shape index (κ1) is 10.3. The van der Waals surface area contributed by atoms with Gasteiger partial charge in [-0.3, -0.25) is 4.79 Å². The van der Waals surface area contributed by atoms with E-state index in [1.807, 2.05) is 35.0 Å². The topological polar surface area (TPSA) is 29.1 Å². The normalized spacial score (nSPS) is 9.93. The van der Waals surface area contributed by atoms with Gasteiger partial charge in [0.25, 0.3) is 5.91 Å². The fourth-order valence-corrected chi connectivity index (χ4v) is 1.93. The van der Waals surface area contributed by atoms with Crippen LogP contribution in [0.5, 0.6) is 0 Å². The summed E-state index contributed by atoms with van der Waals surface area (Å²) in [7, 11) is 0. The Morgan fingerprint density at radius 3 is 2.53 bits per heavy atom. The Balaban J connectivity index is 2.09. The summed E-state index contributed by atoms with van der Waals surface area (Å²) >= 11 is 5.68. The van der Waals surface area contributed by atoms with Crippen LogP contribution in [-0.2, 0) is 0 Å². The number of amides is 1. The highest BCUT2D eigenvalue weighted by Gasteiger charge is 2.05. The fraction of sp³-hybridized carbons (Fsp3) is 0. The number of hydrogen-bond acceptors (Lipinski definition) is 3. The Morgan fingerprint density at radius 2 is 1.93 bits per heavy atom. The van der Waals surface area contributed by atoms with Crippen LogP contribution in [0.2, 0.25) is 0 Å². The number of carbonyl (C=O) groups excluding carboxylic acids is 1. The highest BCUT2D eigenvalue weighted by atomic mass is 32.1. The zero-order valence-electron chi connectivity index (χ0n) is 7.81. The van der Waals surface area contributed by atoms with Gasteiger partial charge in [0.15, 0.2) is 0 Å². The lowest BCUT2D eigenvalue weighted by molar-refractivity contribution is 0.102. The number of anilines is 1. The Kier molecular flexibility index (Phi) is 3.08. The van der Waals surface area contributed by atoms with Crippen molar-refractivity contribution in [3.8, 4) is 0 Å². The first-order valence-corrected chi connectivity index (χ1v) is 5.77. The van der Waals surface area contributed by atoms with Gasteiger partial charge in [0.1, 0.15) is 0 Å². The smallest absolute Gasteiger partial charge is 0.256 e. The van der Waals surface area contributed by atoms with Gasteiger partial charge in [-0.1, -0.05) is 0 Å². The zero-order valence-corrected chi connectivity index (χ0v) is 9.52. The lowest BCUT2D eigenvalue weighted by Crippen LogP contribution is -2.10. The van der Waals surface area contributed by atoms with E-state index < -0.39 is 0 Å². The van der Waals surface area contributed by atoms with Crippen molar-refractivity contribution in [2.24, 2.45) is 0 Å². The summed E-state index contributed by atoms with van der Waals surface area (Å²) in [6.45, 7) is 0. The minimum atomic E-state index is -0.0804. The average molecular weight is 235 g/mol. The monoisotopic (exact) mass is 235 g/mol. The maximum atomic E-state index is 11.6. The summed E-state index contributed by atoms with van der Waals surface area (Å²) in [6, 6.07) is 9.13. The molecule has 2 aromatic rings. The minimum Gasteiger partial charge on any atom is -0.322 e. The van der Waals surface area contributed by atoms with Crippen LogP contribution in [0.4, 0.5) is 5.69 Å².